The molecule has 0 N–H and O–H groups in total. The molecular weight excluding hydrogens is 262 g/mol. The molecule has 21 heavy (non-hydrogen) atoms. The molecule has 3 heteroatoms. The molecule has 1 heterocycles. The molecule has 0 aliphatic carbocycles. The lowest BCUT2D eigenvalue weighted by Crippen LogP contribution is -2.33. The number of nitrogens with zero attached hydrogens (tertiary/aromatic N) is 1. The summed E-state index contributed by atoms with van der Waals surface area (Å²) in [6.07, 6.45) is 1.84. The van der Waals surface area contributed by atoms with E-state index in [-0.39, 0.29) is 11.9 Å². The summed E-state index contributed by atoms with van der Waals surface area (Å²) in [4.78, 5) is 16.6. The first-order chi connectivity index (χ1) is 9.96. The highest BCUT2D eigenvalue weighted by Gasteiger charge is 2.39. The maximum Gasteiger partial charge on any atom is 0.312 e. The van der Waals surface area contributed by atoms with Crippen LogP contribution >= 0.6 is 0 Å². The van der Waals surface area contributed by atoms with E-state index in [1.165, 1.54) is 7.11 Å². The first-order valence-corrected chi connectivity index (χ1v) is 7.02. The topological polar surface area (TPSA) is 39.2 Å². The minimum Gasteiger partial charge on any atom is -0.469 e. The second kappa shape index (κ2) is 6.08. The number of hydrogen-bond donors (Lipinski definition) is 0. The van der Waals surface area contributed by atoms with Gasteiger partial charge in [-0.05, 0) is 38.0 Å². The average Bonchev–Trinajstić information content (AvgIpc) is 2.49. The predicted molar refractivity (Wildman–Crippen MR) is 83.1 cm³/mol. The summed E-state index contributed by atoms with van der Waals surface area (Å²) in [6.45, 7) is 5.78. The molecule has 1 aromatic carbocycles. The van der Waals surface area contributed by atoms with Crippen LogP contribution in [0.15, 0.2) is 48.7 Å². The number of pyridine rings is 1. The third kappa shape index (κ3) is 3.13. The van der Waals surface area contributed by atoms with Gasteiger partial charge in [0.1, 0.15) is 0 Å². The molecule has 2 aromatic rings. The molecular formula is C18H21NO2. The number of aromatic nitrogens is 1. The molecule has 0 spiro atoms. The number of carbonyl (C=O) groups is 1. The minimum atomic E-state index is -0.674. The fourth-order valence-corrected chi connectivity index (χ4v) is 2.70. The van der Waals surface area contributed by atoms with Crippen LogP contribution in [0.5, 0.6) is 0 Å². The van der Waals surface area contributed by atoms with Gasteiger partial charge in [0.2, 0.25) is 0 Å². The van der Waals surface area contributed by atoms with Crippen LogP contribution in [0, 0.1) is 12.3 Å². The van der Waals surface area contributed by atoms with Gasteiger partial charge in [-0.1, -0.05) is 36.4 Å². The number of benzene rings is 1. The van der Waals surface area contributed by atoms with E-state index in [0.29, 0.717) is 0 Å². The van der Waals surface area contributed by atoms with Crippen LogP contribution < -0.4 is 0 Å². The quantitative estimate of drug-likeness (QED) is 0.803. The lowest BCUT2D eigenvalue weighted by Gasteiger charge is -2.32. The Labute approximate surface area is 126 Å². The molecule has 2 rings (SSSR count). The SMILES string of the molecule is COC(=O)C(C)(C)C(c1ccccc1)c1ccc(C)nc1. The van der Waals surface area contributed by atoms with Crippen LogP contribution in [0.4, 0.5) is 0 Å². The van der Waals surface area contributed by atoms with Crippen molar-refractivity contribution in [3.05, 3.63) is 65.5 Å². The van der Waals surface area contributed by atoms with Gasteiger partial charge in [-0.3, -0.25) is 9.78 Å². The largest absolute Gasteiger partial charge is 0.469 e. The summed E-state index contributed by atoms with van der Waals surface area (Å²) in [5, 5.41) is 0. The van der Waals surface area contributed by atoms with Crippen LogP contribution in [0.25, 0.3) is 0 Å². The first-order valence-electron chi connectivity index (χ1n) is 7.02. The summed E-state index contributed by atoms with van der Waals surface area (Å²) in [5.74, 6) is -0.323. The smallest absolute Gasteiger partial charge is 0.312 e. The fourth-order valence-electron chi connectivity index (χ4n) is 2.70. The van der Waals surface area contributed by atoms with E-state index >= 15 is 0 Å². The molecule has 3 nitrogen and oxygen atoms in total. The van der Waals surface area contributed by atoms with Gasteiger partial charge >= 0.3 is 5.97 Å². The van der Waals surface area contributed by atoms with E-state index in [9.17, 15) is 4.79 Å². The molecule has 0 radical (unpaired) electrons. The number of hydrogen-bond acceptors (Lipinski definition) is 3. The lowest BCUT2D eigenvalue weighted by atomic mass is 9.71. The van der Waals surface area contributed by atoms with Crippen molar-refractivity contribution in [3.63, 3.8) is 0 Å². The highest BCUT2D eigenvalue weighted by Crippen LogP contribution is 2.41. The lowest BCUT2D eigenvalue weighted by molar-refractivity contribution is -0.151. The third-order valence-corrected chi connectivity index (χ3v) is 3.83. The van der Waals surface area contributed by atoms with Gasteiger partial charge in [-0.25, -0.2) is 0 Å². The van der Waals surface area contributed by atoms with Crippen LogP contribution in [-0.2, 0) is 9.53 Å². The summed E-state index contributed by atoms with van der Waals surface area (Å²) in [6, 6.07) is 14.0. The Morgan fingerprint density at radius 1 is 1.10 bits per heavy atom. The van der Waals surface area contributed by atoms with Crippen molar-refractivity contribution in [3.8, 4) is 0 Å². The van der Waals surface area contributed by atoms with Gasteiger partial charge < -0.3 is 4.74 Å². The number of methoxy groups -OCH3 is 1. The molecule has 1 atom stereocenters. The van der Waals surface area contributed by atoms with Crippen LogP contribution in [-0.4, -0.2) is 18.1 Å². The van der Waals surface area contributed by atoms with Crippen molar-refractivity contribution in [1.29, 1.82) is 0 Å². The summed E-state index contributed by atoms with van der Waals surface area (Å²) in [7, 11) is 1.43. The van der Waals surface area contributed by atoms with E-state index in [0.717, 1.165) is 16.8 Å². The van der Waals surface area contributed by atoms with Crippen molar-refractivity contribution in [2.24, 2.45) is 5.41 Å². The van der Waals surface area contributed by atoms with Gasteiger partial charge in [0, 0.05) is 17.8 Å². The van der Waals surface area contributed by atoms with Crippen LogP contribution in [0.1, 0.15) is 36.6 Å². The third-order valence-electron chi connectivity index (χ3n) is 3.83. The Morgan fingerprint density at radius 2 is 1.76 bits per heavy atom. The molecule has 0 aliphatic rings. The van der Waals surface area contributed by atoms with E-state index in [1.807, 2.05) is 69.4 Å². The summed E-state index contributed by atoms with van der Waals surface area (Å²) < 4.78 is 5.00. The van der Waals surface area contributed by atoms with Gasteiger partial charge in [-0.15, -0.1) is 0 Å². The van der Waals surface area contributed by atoms with Crippen molar-refractivity contribution < 1.29 is 9.53 Å². The molecule has 0 fully saturated rings. The average molecular weight is 283 g/mol. The number of esters is 1. The second-order valence-corrected chi connectivity index (χ2v) is 5.79. The summed E-state index contributed by atoms with van der Waals surface area (Å²) >= 11 is 0. The first kappa shape index (κ1) is 15.2. The van der Waals surface area contributed by atoms with Gasteiger partial charge in [0.25, 0.3) is 0 Å². The Bertz CT molecular complexity index is 603. The van der Waals surface area contributed by atoms with E-state index in [4.69, 9.17) is 4.74 Å². The van der Waals surface area contributed by atoms with Gasteiger partial charge in [0.05, 0.1) is 12.5 Å². The number of carbonyl (C=O) groups excluding carboxylic acids is 1. The standard InChI is InChI=1S/C18H21NO2/c1-13-10-11-15(12-19-13)16(14-8-6-5-7-9-14)18(2,3)17(20)21-4/h5-12,16H,1-4H3. The van der Waals surface area contributed by atoms with Crippen molar-refractivity contribution in [2.75, 3.05) is 7.11 Å². The fraction of sp³-hybridized carbons (Fsp3) is 0.333. The molecule has 0 aliphatic heterocycles. The highest BCUT2D eigenvalue weighted by atomic mass is 16.5. The zero-order chi connectivity index (χ0) is 15.5. The van der Waals surface area contributed by atoms with Crippen LogP contribution in [0.3, 0.4) is 0 Å². The maximum absolute atomic E-state index is 12.2. The zero-order valence-corrected chi connectivity index (χ0v) is 13.0. The Morgan fingerprint density at radius 3 is 2.29 bits per heavy atom. The van der Waals surface area contributed by atoms with Gasteiger partial charge in [0.15, 0.2) is 0 Å². The maximum atomic E-state index is 12.2. The minimum absolute atomic E-state index is 0.0979. The van der Waals surface area contributed by atoms with Crippen molar-refractivity contribution >= 4 is 5.97 Å². The molecule has 0 amide bonds. The van der Waals surface area contributed by atoms with Gasteiger partial charge in [-0.2, -0.15) is 0 Å². The normalized spacial score (nSPS) is 12.8. The molecule has 1 unspecified atom stereocenters. The Balaban J connectivity index is 2.55. The number of ether oxygens (including phenoxy) is 1. The number of rotatable bonds is 4. The molecule has 0 bridgehead atoms. The van der Waals surface area contributed by atoms with Crippen LogP contribution in [0.2, 0.25) is 0 Å². The molecule has 1 aromatic heterocycles. The summed E-state index contributed by atoms with van der Waals surface area (Å²) in [5.41, 5.74) is 2.38. The molecule has 0 saturated heterocycles. The monoisotopic (exact) mass is 283 g/mol. The second-order valence-electron chi connectivity index (χ2n) is 5.79. The Hall–Kier alpha value is -2.16. The Kier molecular flexibility index (Phi) is 4.41. The van der Waals surface area contributed by atoms with E-state index in [1.54, 1.807) is 0 Å². The molecule has 0 saturated carbocycles. The number of aryl methyl sites for hydroxylation is 1. The molecule has 110 valence electrons. The predicted octanol–water partition coefficient (Wildman–Crippen LogP) is 3.72. The zero-order valence-electron chi connectivity index (χ0n) is 13.0. The van der Waals surface area contributed by atoms with E-state index < -0.39 is 5.41 Å². The highest BCUT2D eigenvalue weighted by molar-refractivity contribution is 5.78. The van der Waals surface area contributed by atoms with Crippen molar-refractivity contribution in [1.82, 2.24) is 4.98 Å². The van der Waals surface area contributed by atoms with Crippen molar-refractivity contribution in [2.45, 2.75) is 26.7 Å². The van der Waals surface area contributed by atoms with E-state index in [2.05, 4.69) is 4.98 Å².